The Bertz CT molecular complexity index is 1550. The second-order valence-corrected chi connectivity index (χ2v) is 12.8. The molecule has 1 aliphatic carbocycles. The Morgan fingerprint density at radius 2 is 1.82 bits per heavy atom. The van der Waals surface area contributed by atoms with E-state index in [1.54, 1.807) is 11.8 Å². The van der Waals surface area contributed by atoms with Crippen LogP contribution in [0.15, 0.2) is 78.9 Å². The van der Waals surface area contributed by atoms with Crippen molar-refractivity contribution in [1.82, 2.24) is 4.98 Å². The van der Waals surface area contributed by atoms with Crippen LogP contribution < -0.4 is 0 Å². The lowest BCUT2D eigenvalue weighted by Gasteiger charge is -2.24. The van der Waals surface area contributed by atoms with Crippen LogP contribution in [0.2, 0.25) is 5.02 Å². The number of benzene rings is 3. The molecule has 0 saturated heterocycles. The van der Waals surface area contributed by atoms with Gasteiger partial charge in [0, 0.05) is 21.4 Å². The molecule has 1 saturated carbocycles. The minimum Gasteiger partial charge on any atom is -0.481 e. The van der Waals surface area contributed by atoms with Gasteiger partial charge in [-0.15, -0.1) is 0 Å². The summed E-state index contributed by atoms with van der Waals surface area (Å²) in [5.74, 6) is -0.0870. The van der Waals surface area contributed by atoms with Crippen LogP contribution in [0.5, 0.6) is 0 Å². The van der Waals surface area contributed by atoms with E-state index in [9.17, 15) is 15.0 Å². The molecule has 6 heteroatoms. The van der Waals surface area contributed by atoms with Crippen LogP contribution in [0.3, 0.4) is 0 Å². The molecule has 206 valence electrons. The summed E-state index contributed by atoms with van der Waals surface area (Å²) in [6.45, 7) is 3.63. The van der Waals surface area contributed by atoms with Gasteiger partial charge in [-0.1, -0.05) is 78.3 Å². The molecule has 0 bridgehead atoms. The van der Waals surface area contributed by atoms with Gasteiger partial charge < -0.3 is 10.2 Å². The standard InChI is InChI=1S/C34H34ClNO3S/c1-33(2,39)29-9-4-3-7-24(29)13-17-31(40-22-34(18-19-34)32(37)38)26-8-5-6-23(20-26)10-15-28-16-12-25-11-14-27(35)21-30(25)36-28/h3-12,14-16,20-21,31,39H,13,17-19,22H2,1-2H3,(H,37,38). The summed E-state index contributed by atoms with van der Waals surface area (Å²) in [6.07, 6.45) is 7.19. The first-order valence-electron chi connectivity index (χ1n) is 13.6. The van der Waals surface area contributed by atoms with Crippen molar-refractivity contribution in [2.75, 3.05) is 5.75 Å². The Balaban J connectivity index is 1.38. The average molecular weight is 572 g/mol. The molecule has 0 aliphatic heterocycles. The fraction of sp³-hybridized carbons (Fsp3) is 0.294. The molecule has 1 unspecified atom stereocenters. The second-order valence-electron chi connectivity index (χ2n) is 11.2. The van der Waals surface area contributed by atoms with E-state index in [-0.39, 0.29) is 5.25 Å². The number of aliphatic hydroxyl groups is 1. The SMILES string of the molecule is CC(C)(O)c1ccccc1CCC(SCC1(C(=O)O)CC1)c1cccc(C=Cc2ccc3ccc(Cl)cc3n2)c1. The number of carboxylic acid groups (broad SMARTS) is 1. The molecule has 1 aliphatic rings. The number of thioether (sulfide) groups is 1. The number of aryl methyl sites for hydroxylation is 1. The molecular weight excluding hydrogens is 538 g/mol. The van der Waals surface area contributed by atoms with Gasteiger partial charge in [0.15, 0.2) is 0 Å². The third-order valence-electron chi connectivity index (χ3n) is 7.63. The molecule has 4 nitrogen and oxygen atoms in total. The van der Waals surface area contributed by atoms with Crippen LogP contribution in [0.25, 0.3) is 23.1 Å². The molecule has 1 atom stereocenters. The van der Waals surface area contributed by atoms with Gasteiger partial charge in [0.1, 0.15) is 0 Å². The first kappa shape index (κ1) is 28.4. The van der Waals surface area contributed by atoms with Gasteiger partial charge in [0.25, 0.3) is 0 Å². The van der Waals surface area contributed by atoms with Gasteiger partial charge in [-0.05, 0) is 86.1 Å². The van der Waals surface area contributed by atoms with E-state index in [4.69, 9.17) is 16.6 Å². The summed E-state index contributed by atoms with van der Waals surface area (Å²) < 4.78 is 0. The number of fused-ring (bicyclic) bond motifs is 1. The highest BCUT2D eigenvalue weighted by Gasteiger charge is 2.50. The van der Waals surface area contributed by atoms with E-state index < -0.39 is 17.0 Å². The predicted octanol–water partition coefficient (Wildman–Crippen LogP) is 8.56. The van der Waals surface area contributed by atoms with Crippen molar-refractivity contribution in [1.29, 1.82) is 0 Å². The first-order chi connectivity index (χ1) is 19.1. The van der Waals surface area contributed by atoms with Crippen molar-refractivity contribution in [3.63, 3.8) is 0 Å². The minimum absolute atomic E-state index is 0.126. The molecule has 5 rings (SSSR count). The van der Waals surface area contributed by atoms with E-state index in [1.807, 2.05) is 68.5 Å². The second kappa shape index (κ2) is 11.8. The molecule has 3 aromatic carbocycles. The Morgan fingerprint density at radius 1 is 1.05 bits per heavy atom. The maximum atomic E-state index is 11.9. The zero-order valence-electron chi connectivity index (χ0n) is 22.8. The largest absolute Gasteiger partial charge is 0.481 e. The normalized spacial score (nSPS) is 15.4. The van der Waals surface area contributed by atoms with Crippen molar-refractivity contribution in [3.8, 4) is 0 Å². The fourth-order valence-electron chi connectivity index (χ4n) is 5.04. The molecule has 0 spiro atoms. The van der Waals surface area contributed by atoms with Crippen LogP contribution in [-0.4, -0.2) is 26.9 Å². The number of aliphatic carboxylic acids is 1. The fourth-order valence-corrected chi connectivity index (χ4v) is 6.76. The molecule has 1 aromatic heterocycles. The monoisotopic (exact) mass is 571 g/mol. The van der Waals surface area contributed by atoms with Crippen LogP contribution in [0, 0.1) is 5.41 Å². The van der Waals surface area contributed by atoms with Gasteiger partial charge in [-0.25, -0.2) is 4.98 Å². The third kappa shape index (κ3) is 6.77. The highest BCUT2D eigenvalue weighted by Crippen LogP contribution is 2.51. The van der Waals surface area contributed by atoms with E-state index in [1.165, 1.54) is 5.56 Å². The van der Waals surface area contributed by atoms with Crippen molar-refractivity contribution in [3.05, 3.63) is 112 Å². The molecule has 1 fully saturated rings. The Labute approximate surface area is 245 Å². The number of carbonyl (C=O) groups is 1. The molecule has 1 heterocycles. The van der Waals surface area contributed by atoms with E-state index >= 15 is 0 Å². The molecule has 2 N–H and O–H groups in total. The first-order valence-corrected chi connectivity index (χ1v) is 15.1. The maximum absolute atomic E-state index is 11.9. The zero-order valence-corrected chi connectivity index (χ0v) is 24.4. The van der Waals surface area contributed by atoms with Gasteiger partial charge >= 0.3 is 5.97 Å². The van der Waals surface area contributed by atoms with Crippen LogP contribution >= 0.6 is 23.4 Å². The van der Waals surface area contributed by atoms with Crippen LogP contribution in [0.1, 0.15) is 66.3 Å². The van der Waals surface area contributed by atoms with Gasteiger partial charge in [-0.3, -0.25) is 4.79 Å². The summed E-state index contributed by atoms with van der Waals surface area (Å²) in [7, 11) is 0. The summed E-state index contributed by atoms with van der Waals surface area (Å²) in [5.41, 5.74) is 4.50. The summed E-state index contributed by atoms with van der Waals surface area (Å²) in [6, 6.07) is 26.2. The molecule has 0 radical (unpaired) electrons. The highest BCUT2D eigenvalue weighted by molar-refractivity contribution is 7.99. The Morgan fingerprint density at radius 3 is 2.58 bits per heavy atom. The van der Waals surface area contributed by atoms with Crippen LogP contribution in [-0.2, 0) is 16.8 Å². The summed E-state index contributed by atoms with van der Waals surface area (Å²) in [4.78, 5) is 16.6. The summed E-state index contributed by atoms with van der Waals surface area (Å²) in [5, 5.41) is 22.3. The van der Waals surface area contributed by atoms with Crippen molar-refractivity contribution >= 4 is 52.4 Å². The van der Waals surface area contributed by atoms with Crippen molar-refractivity contribution in [2.45, 2.75) is 50.4 Å². The topological polar surface area (TPSA) is 70.4 Å². The molecule has 40 heavy (non-hydrogen) atoms. The Kier molecular flexibility index (Phi) is 8.37. The highest BCUT2D eigenvalue weighted by atomic mass is 35.5. The number of rotatable bonds is 11. The molecule has 4 aromatic rings. The van der Waals surface area contributed by atoms with Crippen molar-refractivity contribution in [2.24, 2.45) is 5.41 Å². The number of hydrogen-bond donors (Lipinski definition) is 2. The zero-order chi connectivity index (χ0) is 28.3. The lowest BCUT2D eigenvalue weighted by molar-refractivity contribution is -0.142. The minimum atomic E-state index is -0.923. The third-order valence-corrected chi connectivity index (χ3v) is 9.49. The average Bonchev–Trinajstić information content (AvgIpc) is 3.73. The number of hydrogen-bond acceptors (Lipinski definition) is 4. The summed E-state index contributed by atoms with van der Waals surface area (Å²) >= 11 is 7.90. The lowest BCUT2D eigenvalue weighted by Crippen LogP contribution is -2.19. The predicted molar refractivity (Wildman–Crippen MR) is 167 cm³/mol. The van der Waals surface area contributed by atoms with E-state index in [0.29, 0.717) is 10.8 Å². The Hall–Kier alpha value is -3.12. The van der Waals surface area contributed by atoms with E-state index in [2.05, 4.69) is 36.4 Å². The lowest BCUT2D eigenvalue weighted by atomic mass is 9.90. The van der Waals surface area contributed by atoms with E-state index in [0.717, 1.165) is 59.0 Å². The smallest absolute Gasteiger partial charge is 0.310 e. The van der Waals surface area contributed by atoms with Gasteiger partial charge in [0.2, 0.25) is 0 Å². The van der Waals surface area contributed by atoms with Gasteiger partial charge in [-0.2, -0.15) is 11.8 Å². The number of carboxylic acids is 1. The van der Waals surface area contributed by atoms with Gasteiger partial charge in [0.05, 0.1) is 22.2 Å². The number of pyridine rings is 1. The number of nitrogens with zero attached hydrogens (tertiary/aromatic N) is 1. The number of halogens is 1. The maximum Gasteiger partial charge on any atom is 0.310 e. The molecule has 0 amide bonds. The van der Waals surface area contributed by atoms with Crippen LogP contribution in [0.4, 0.5) is 0 Å². The molecular formula is C34H34ClNO3S. The number of aromatic nitrogens is 1. The quantitative estimate of drug-likeness (QED) is 0.189. The van der Waals surface area contributed by atoms with Crippen molar-refractivity contribution < 1.29 is 15.0 Å².